The van der Waals surface area contributed by atoms with Crippen molar-refractivity contribution in [3.8, 4) is 0 Å². The summed E-state index contributed by atoms with van der Waals surface area (Å²) in [6.07, 6.45) is 14.3. The van der Waals surface area contributed by atoms with Crippen LogP contribution in [0.5, 0.6) is 0 Å². The van der Waals surface area contributed by atoms with Gasteiger partial charge in [-0.25, -0.2) is 0 Å². The van der Waals surface area contributed by atoms with Crippen LogP contribution in [0.15, 0.2) is 22.8 Å². The Morgan fingerprint density at radius 2 is 1.38 bits per heavy atom. The highest BCUT2D eigenvalue weighted by Gasteiger charge is 2.63. The lowest BCUT2D eigenvalue weighted by atomic mass is 9.44. The first-order valence-electron chi connectivity index (χ1n) is 19.8. The SMILES string of the molecule is CC1=CC[C@]2(C)C3=C(CCC2C1(C)C)[C@]1(C)CC[C@H]([C@H](C)C(CCC(C)(C)O[Si](C)(C)C(C)(C)C)O[Si](C)(C)C(C)(C)C)[C@@]1(C)CC3. The van der Waals surface area contributed by atoms with Crippen molar-refractivity contribution in [2.45, 2.75) is 210 Å². The maximum Gasteiger partial charge on any atom is 0.192 e. The van der Waals surface area contributed by atoms with Gasteiger partial charge in [0.25, 0.3) is 0 Å². The number of fused-ring (bicyclic) bond motifs is 4. The average molecular weight is 685 g/mol. The molecule has 0 N–H and O–H groups in total. The maximum atomic E-state index is 7.53. The fraction of sp³-hybridized carbons (Fsp3) is 0.907. The van der Waals surface area contributed by atoms with E-state index in [1.54, 1.807) is 5.57 Å². The van der Waals surface area contributed by atoms with Crippen molar-refractivity contribution in [1.82, 2.24) is 0 Å². The fourth-order valence-corrected chi connectivity index (χ4v) is 14.2. The third-order valence-electron chi connectivity index (χ3n) is 16.7. The van der Waals surface area contributed by atoms with Crippen LogP contribution in [0.4, 0.5) is 0 Å². The van der Waals surface area contributed by atoms with Gasteiger partial charge in [-0.05, 0) is 154 Å². The van der Waals surface area contributed by atoms with Crippen LogP contribution >= 0.6 is 0 Å². The molecule has 0 radical (unpaired) electrons. The molecule has 0 spiro atoms. The third kappa shape index (κ3) is 6.68. The first kappa shape index (κ1) is 39.6. The van der Waals surface area contributed by atoms with Gasteiger partial charge in [0.05, 0.1) is 5.60 Å². The zero-order valence-corrected chi connectivity index (χ0v) is 37.1. The molecule has 2 nitrogen and oxygen atoms in total. The largest absolute Gasteiger partial charge is 0.414 e. The molecule has 4 aliphatic rings. The quantitative estimate of drug-likeness (QED) is 0.178. The Morgan fingerprint density at radius 3 is 1.94 bits per heavy atom. The predicted octanol–water partition coefficient (Wildman–Crippen LogP) is 13.9. The summed E-state index contributed by atoms with van der Waals surface area (Å²) in [5.74, 6) is 1.99. The minimum atomic E-state index is -1.97. The first-order chi connectivity index (χ1) is 21.0. The second-order valence-corrected chi connectivity index (χ2v) is 31.6. The van der Waals surface area contributed by atoms with E-state index in [2.05, 4.69) is 136 Å². The first-order valence-corrected chi connectivity index (χ1v) is 25.6. The van der Waals surface area contributed by atoms with Crippen molar-refractivity contribution >= 4 is 16.6 Å². The van der Waals surface area contributed by atoms with Gasteiger partial charge >= 0.3 is 0 Å². The van der Waals surface area contributed by atoms with Gasteiger partial charge in [0.2, 0.25) is 0 Å². The van der Waals surface area contributed by atoms with Crippen LogP contribution in [0.1, 0.15) is 162 Å². The monoisotopic (exact) mass is 685 g/mol. The van der Waals surface area contributed by atoms with Crippen LogP contribution in [-0.4, -0.2) is 28.3 Å². The highest BCUT2D eigenvalue weighted by Crippen LogP contribution is 2.72. The molecule has 47 heavy (non-hydrogen) atoms. The molecule has 0 saturated heterocycles. The summed E-state index contributed by atoms with van der Waals surface area (Å²) in [5, 5.41) is 0.413. The van der Waals surface area contributed by atoms with Crippen molar-refractivity contribution in [2.75, 3.05) is 0 Å². The summed E-state index contributed by atoms with van der Waals surface area (Å²) in [7, 11) is -3.84. The van der Waals surface area contributed by atoms with E-state index in [0.29, 0.717) is 33.5 Å². The summed E-state index contributed by atoms with van der Waals surface area (Å²) in [6, 6.07) is 0. The number of hydrogen-bond donors (Lipinski definition) is 0. The zero-order valence-electron chi connectivity index (χ0n) is 35.1. The highest BCUT2D eigenvalue weighted by molar-refractivity contribution is 6.74. The molecule has 0 aromatic carbocycles. The van der Waals surface area contributed by atoms with Crippen molar-refractivity contribution in [3.63, 3.8) is 0 Å². The van der Waals surface area contributed by atoms with E-state index in [1.807, 2.05) is 11.1 Å². The molecule has 1 fully saturated rings. The van der Waals surface area contributed by atoms with Crippen LogP contribution in [0, 0.1) is 39.4 Å². The molecule has 272 valence electrons. The Kier molecular flexibility index (Phi) is 10.3. The summed E-state index contributed by atoms with van der Waals surface area (Å²) < 4.78 is 14.6. The van der Waals surface area contributed by atoms with Crippen LogP contribution in [0.3, 0.4) is 0 Å². The number of hydrogen-bond acceptors (Lipinski definition) is 2. The zero-order chi connectivity index (χ0) is 36.0. The standard InChI is InChI=1S/C43H80O2Si2/c1-30-22-27-41(13)33-24-29-42(14)32(23-28-43(42,15)34(33)20-21-36(41)40(30,11)12)31(2)35(44-46(16,17)37(3,4)5)25-26-39(9,10)45-47(18,19)38(6,7)8/h22,31-32,35-36H,20-21,23-29H2,1-19H3/t31-,32+,35?,36?,41+,42+,43-/m0/s1. The molecule has 7 atom stereocenters. The topological polar surface area (TPSA) is 18.5 Å². The molecule has 0 bridgehead atoms. The summed E-state index contributed by atoms with van der Waals surface area (Å²) in [4.78, 5) is 0. The van der Waals surface area contributed by atoms with E-state index in [0.717, 1.165) is 18.8 Å². The van der Waals surface area contributed by atoms with Crippen LogP contribution < -0.4 is 0 Å². The van der Waals surface area contributed by atoms with E-state index in [-0.39, 0.29) is 21.8 Å². The highest BCUT2D eigenvalue weighted by atomic mass is 28.4. The molecule has 4 heteroatoms. The van der Waals surface area contributed by atoms with Gasteiger partial charge < -0.3 is 8.85 Å². The molecule has 4 aliphatic carbocycles. The van der Waals surface area contributed by atoms with Crippen molar-refractivity contribution in [3.05, 3.63) is 22.8 Å². The van der Waals surface area contributed by atoms with Crippen LogP contribution in [0.2, 0.25) is 36.3 Å². The lowest BCUT2D eigenvalue weighted by molar-refractivity contribution is -0.0215. The minimum absolute atomic E-state index is 0.148. The molecule has 0 aliphatic heterocycles. The van der Waals surface area contributed by atoms with E-state index in [1.165, 1.54) is 44.9 Å². The van der Waals surface area contributed by atoms with Gasteiger partial charge in [0.15, 0.2) is 16.6 Å². The van der Waals surface area contributed by atoms with Gasteiger partial charge in [0, 0.05) is 6.10 Å². The fourth-order valence-electron chi connectivity index (χ4n) is 11.0. The van der Waals surface area contributed by atoms with Crippen LogP contribution in [0.25, 0.3) is 0 Å². The molecule has 2 unspecified atom stereocenters. The molecule has 1 saturated carbocycles. The van der Waals surface area contributed by atoms with Gasteiger partial charge in [-0.2, -0.15) is 0 Å². The number of rotatable bonds is 9. The van der Waals surface area contributed by atoms with Crippen molar-refractivity contribution < 1.29 is 8.85 Å². The van der Waals surface area contributed by atoms with Gasteiger partial charge in [-0.1, -0.05) is 106 Å². The van der Waals surface area contributed by atoms with Crippen molar-refractivity contribution in [1.29, 1.82) is 0 Å². The Bertz CT molecular complexity index is 1240. The average Bonchev–Trinajstić information content (AvgIpc) is 3.18. The Morgan fingerprint density at radius 1 is 0.809 bits per heavy atom. The molecule has 0 aromatic heterocycles. The Balaban J connectivity index is 1.66. The molecule has 0 aromatic rings. The summed E-state index contributed by atoms with van der Waals surface area (Å²) in [6.45, 7) is 47.0. The van der Waals surface area contributed by atoms with Gasteiger partial charge in [-0.3, -0.25) is 0 Å². The van der Waals surface area contributed by atoms with E-state index >= 15 is 0 Å². The lowest BCUT2D eigenvalue weighted by Gasteiger charge is -2.61. The minimum Gasteiger partial charge on any atom is -0.414 e. The predicted molar refractivity (Wildman–Crippen MR) is 211 cm³/mol. The van der Waals surface area contributed by atoms with Gasteiger partial charge in [-0.15, -0.1) is 0 Å². The Labute approximate surface area is 296 Å². The van der Waals surface area contributed by atoms with Gasteiger partial charge in [0.1, 0.15) is 0 Å². The maximum absolute atomic E-state index is 7.53. The molecule has 0 heterocycles. The normalized spacial score (nSPS) is 34.7. The third-order valence-corrected chi connectivity index (χ3v) is 25.8. The van der Waals surface area contributed by atoms with E-state index in [4.69, 9.17) is 8.85 Å². The van der Waals surface area contributed by atoms with Crippen molar-refractivity contribution in [2.24, 2.45) is 39.4 Å². The summed E-state index contributed by atoms with van der Waals surface area (Å²) in [5.41, 5.74) is 6.52. The molecular weight excluding hydrogens is 605 g/mol. The second kappa shape index (κ2) is 12.2. The second-order valence-electron chi connectivity index (χ2n) is 22.1. The molecule has 0 amide bonds. The molecule has 4 rings (SSSR count). The number of allylic oxidation sites excluding steroid dienone is 4. The smallest absolute Gasteiger partial charge is 0.192 e. The van der Waals surface area contributed by atoms with E-state index in [9.17, 15) is 0 Å². The molecular formula is C43H80O2Si2. The Hall–Kier alpha value is -0.166. The van der Waals surface area contributed by atoms with Crippen LogP contribution in [-0.2, 0) is 8.85 Å². The van der Waals surface area contributed by atoms with E-state index < -0.39 is 16.6 Å². The summed E-state index contributed by atoms with van der Waals surface area (Å²) >= 11 is 0. The lowest BCUT2D eigenvalue weighted by Crippen LogP contribution is -2.52.